The maximum atomic E-state index is 12.5. The van der Waals surface area contributed by atoms with E-state index in [0.717, 1.165) is 11.1 Å². The lowest BCUT2D eigenvalue weighted by Gasteiger charge is -2.12. The maximum absolute atomic E-state index is 12.5. The van der Waals surface area contributed by atoms with Gasteiger partial charge in [-0.05, 0) is 55.3 Å². The van der Waals surface area contributed by atoms with Crippen molar-refractivity contribution in [2.45, 2.75) is 13.8 Å². The fourth-order valence-corrected chi connectivity index (χ4v) is 2.02. The van der Waals surface area contributed by atoms with Crippen molar-refractivity contribution in [1.82, 2.24) is 0 Å². The highest BCUT2D eigenvalue weighted by Gasteiger charge is 2.16. The van der Waals surface area contributed by atoms with Gasteiger partial charge in [0, 0.05) is 11.3 Å². The molecule has 3 nitrogen and oxygen atoms in total. The summed E-state index contributed by atoms with van der Waals surface area (Å²) >= 11 is 0. The van der Waals surface area contributed by atoms with Crippen molar-refractivity contribution in [3.63, 3.8) is 0 Å². The lowest BCUT2D eigenvalue weighted by Crippen LogP contribution is -2.06. The third-order valence-electron chi connectivity index (χ3n) is 3.30. The summed E-state index contributed by atoms with van der Waals surface area (Å²) in [6.45, 7) is 3.95. The third kappa shape index (κ3) is 2.45. The smallest absolute Gasteiger partial charge is 0.196 e. The van der Waals surface area contributed by atoms with Gasteiger partial charge in [-0.2, -0.15) is 0 Å². The molecule has 0 aliphatic carbocycles. The Labute approximate surface area is 113 Å². The van der Waals surface area contributed by atoms with Crippen LogP contribution in [0.25, 0.3) is 0 Å². The molecule has 2 N–H and O–H groups in total. The van der Waals surface area contributed by atoms with Crippen LogP contribution in [0.3, 0.4) is 0 Å². The van der Waals surface area contributed by atoms with Gasteiger partial charge in [-0.15, -0.1) is 0 Å². The molecule has 3 heteroatoms. The van der Waals surface area contributed by atoms with Gasteiger partial charge in [-0.25, -0.2) is 0 Å². The van der Waals surface area contributed by atoms with Crippen LogP contribution < -0.4 is 10.5 Å². The molecule has 0 aliphatic rings. The molecule has 98 valence electrons. The summed E-state index contributed by atoms with van der Waals surface area (Å²) in [6.07, 6.45) is 0. The van der Waals surface area contributed by atoms with Gasteiger partial charge < -0.3 is 10.5 Å². The summed E-state index contributed by atoms with van der Waals surface area (Å²) in [4.78, 5) is 12.5. The van der Waals surface area contributed by atoms with Crippen LogP contribution in [0.1, 0.15) is 27.0 Å². The Hall–Kier alpha value is -2.29. The summed E-state index contributed by atoms with van der Waals surface area (Å²) in [6, 6.07) is 10.6. The molecule has 2 aromatic carbocycles. The first kappa shape index (κ1) is 13.1. The number of ether oxygens (including phenoxy) is 1. The first-order valence-corrected chi connectivity index (χ1v) is 6.09. The normalized spacial score (nSPS) is 10.3. The third-order valence-corrected chi connectivity index (χ3v) is 3.30. The molecule has 0 saturated heterocycles. The topological polar surface area (TPSA) is 52.3 Å². The molecule has 0 amide bonds. The lowest BCUT2D eigenvalue weighted by atomic mass is 9.97. The van der Waals surface area contributed by atoms with Crippen LogP contribution in [0, 0.1) is 13.8 Å². The summed E-state index contributed by atoms with van der Waals surface area (Å²) in [5.41, 5.74) is 9.55. The quantitative estimate of drug-likeness (QED) is 0.677. The van der Waals surface area contributed by atoms with Crippen LogP contribution in [0.15, 0.2) is 36.4 Å². The van der Waals surface area contributed by atoms with E-state index in [2.05, 4.69) is 0 Å². The Kier molecular flexibility index (Phi) is 3.56. The van der Waals surface area contributed by atoms with E-state index in [9.17, 15) is 4.79 Å². The summed E-state index contributed by atoms with van der Waals surface area (Å²) in [7, 11) is 1.58. The molecule has 0 atom stereocenters. The molecule has 0 fully saturated rings. The van der Waals surface area contributed by atoms with Crippen LogP contribution in [-0.4, -0.2) is 12.9 Å². The summed E-state index contributed by atoms with van der Waals surface area (Å²) < 4.78 is 5.38. The van der Waals surface area contributed by atoms with E-state index in [0.29, 0.717) is 22.6 Å². The van der Waals surface area contributed by atoms with Gasteiger partial charge in [0.1, 0.15) is 5.75 Å². The second-order valence-corrected chi connectivity index (χ2v) is 4.54. The molecule has 0 aromatic heterocycles. The van der Waals surface area contributed by atoms with E-state index < -0.39 is 0 Å². The van der Waals surface area contributed by atoms with Gasteiger partial charge in [0.25, 0.3) is 0 Å². The second-order valence-electron chi connectivity index (χ2n) is 4.54. The highest BCUT2D eigenvalue weighted by Crippen LogP contribution is 2.28. The number of nitrogen functional groups attached to an aromatic ring is 1. The number of nitrogens with two attached hydrogens (primary N) is 1. The average Bonchev–Trinajstić information content (AvgIpc) is 2.41. The molecule has 0 unspecified atom stereocenters. The fraction of sp³-hybridized carbons (Fsp3) is 0.188. The number of hydrogen-bond donors (Lipinski definition) is 1. The largest absolute Gasteiger partial charge is 0.496 e. The minimum absolute atomic E-state index is 0.0556. The first-order valence-electron chi connectivity index (χ1n) is 6.09. The zero-order valence-corrected chi connectivity index (χ0v) is 11.4. The minimum Gasteiger partial charge on any atom is -0.496 e. The van der Waals surface area contributed by atoms with Gasteiger partial charge in [0.15, 0.2) is 5.78 Å². The van der Waals surface area contributed by atoms with E-state index in [-0.39, 0.29) is 5.78 Å². The summed E-state index contributed by atoms with van der Waals surface area (Å²) in [5, 5.41) is 0. The number of aryl methyl sites for hydroxylation is 1. The molecule has 0 heterocycles. The molecule has 19 heavy (non-hydrogen) atoms. The Balaban J connectivity index is 2.50. The Morgan fingerprint density at radius 3 is 2.26 bits per heavy atom. The molecular weight excluding hydrogens is 238 g/mol. The zero-order chi connectivity index (χ0) is 14.0. The van der Waals surface area contributed by atoms with Gasteiger partial charge in [-0.1, -0.05) is 6.07 Å². The van der Waals surface area contributed by atoms with E-state index in [1.165, 1.54) is 0 Å². The van der Waals surface area contributed by atoms with Gasteiger partial charge in [0.2, 0.25) is 0 Å². The Bertz CT molecular complexity index is 615. The van der Waals surface area contributed by atoms with Crippen LogP contribution in [0.4, 0.5) is 5.69 Å². The second kappa shape index (κ2) is 5.14. The predicted molar refractivity (Wildman–Crippen MR) is 76.8 cm³/mol. The first-order chi connectivity index (χ1) is 9.04. The van der Waals surface area contributed by atoms with Crippen molar-refractivity contribution in [2.24, 2.45) is 0 Å². The van der Waals surface area contributed by atoms with Crippen LogP contribution >= 0.6 is 0 Å². The zero-order valence-electron chi connectivity index (χ0n) is 11.4. The summed E-state index contributed by atoms with van der Waals surface area (Å²) in [5.74, 6) is 0.585. The number of carbonyl (C=O) groups is 1. The number of anilines is 1. The van der Waals surface area contributed by atoms with E-state index in [4.69, 9.17) is 10.5 Å². The number of methoxy groups -OCH3 is 1. The highest BCUT2D eigenvalue weighted by atomic mass is 16.5. The number of hydrogen-bond acceptors (Lipinski definition) is 3. The molecule has 0 saturated carbocycles. The average molecular weight is 255 g/mol. The number of rotatable bonds is 3. The van der Waals surface area contributed by atoms with Crippen molar-refractivity contribution >= 4 is 11.5 Å². The van der Waals surface area contributed by atoms with Crippen molar-refractivity contribution in [3.8, 4) is 5.75 Å². The molecule has 2 rings (SSSR count). The molecule has 0 bridgehead atoms. The van der Waals surface area contributed by atoms with Crippen LogP contribution in [-0.2, 0) is 0 Å². The van der Waals surface area contributed by atoms with Gasteiger partial charge in [0.05, 0.1) is 12.7 Å². The molecule has 2 aromatic rings. The minimum atomic E-state index is -0.0556. The monoisotopic (exact) mass is 255 g/mol. The number of benzene rings is 2. The van der Waals surface area contributed by atoms with Crippen molar-refractivity contribution < 1.29 is 9.53 Å². The molecular formula is C16H17NO2. The highest BCUT2D eigenvalue weighted by molar-refractivity contribution is 6.11. The van der Waals surface area contributed by atoms with Crippen molar-refractivity contribution in [3.05, 3.63) is 58.7 Å². The fourth-order valence-electron chi connectivity index (χ4n) is 2.02. The molecule has 0 spiro atoms. The van der Waals surface area contributed by atoms with Crippen LogP contribution in [0.2, 0.25) is 0 Å². The molecule has 0 radical (unpaired) electrons. The lowest BCUT2D eigenvalue weighted by molar-refractivity contribution is 0.103. The number of carbonyl (C=O) groups excluding carboxylic acids is 1. The Morgan fingerprint density at radius 2 is 1.68 bits per heavy atom. The van der Waals surface area contributed by atoms with Crippen molar-refractivity contribution in [2.75, 3.05) is 12.8 Å². The van der Waals surface area contributed by atoms with Gasteiger partial charge in [-0.3, -0.25) is 4.79 Å². The van der Waals surface area contributed by atoms with Gasteiger partial charge >= 0.3 is 0 Å². The standard InChI is InChI=1S/C16H17NO2/c1-10-4-9-14(16(19-3)11(10)2)15(18)12-5-7-13(17)8-6-12/h4-9H,17H2,1-3H3. The molecule has 0 aliphatic heterocycles. The van der Waals surface area contributed by atoms with E-state index in [1.807, 2.05) is 19.9 Å². The van der Waals surface area contributed by atoms with Crippen LogP contribution in [0.5, 0.6) is 5.75 Å². The SMILES string of the molecule is COc1c(C(=O)c2ccc(N)cc2)ccc(C)c1C. The van der Waals surface area contributed by atoms with E-state index in [1.54, 1.807) is 37.4 Å². The number of ketones is 1. The predicted octanol–water partition coefficient (Wildman–Crippen LogP) is 3.13. The Morgan fingerprint density at radius 1 is 1.05 bits per heavy atom. The maximum Gasteiger partial charge on any atom is 0.196 e. The van der Waals surface area contributed by atoms with E-state index >= 15 is 0 Å². The van der Waals surface area contributed by atoms with Crippen molar-refractivity contribution in [1.29, 1.82) is 0 Å².